The van der Waals surface area contributed by atoms with Gasteiger partial charge in [0.2, 0.25) is 0 Å². The molecule has 0 spiro atoms. The highest BCUT2D eigenvalue weighted by Crippen LogP contribution is 2.03. The summed E-state index contributed by atoms with van der Waals surface area (Å²) < 4.78 is 0. The number of amides is 2. The summed E-state index contributed by atoms with van der Waals surface area (Å²) in [5.41, 5.74) is 2.52. The van der Waals surface area contributed by atoms with Gasteiger partial charge in [0, 0.05) is 11.1 Å². The second-order valence-corrected chi connectivity index (χ2v) is 3.39. The third-order valence-corrected chi connectivity index (χ3v) is 2.16. The highest BCUT2D eigenvalue weighted by atomic mass is 16.5. The number of rotatable bonds is 3. The highest BCUT2D eigenvalue weighted by molar-refractivity contribution is 5.97. The van der Waals surface area contributed by atoms with E-state index in [0.29, 0.717) is 11.1 Å². The van der Waals surface area contributed by atoms with Crippen molar-refractivity contribution < 1.29 is 14.8 Å². The number of hydroxylamine groups is 1. The van der Waals surface area contributed by atoms with Crippen molar-refractivity contribution in [3.05, 3.63) is 35.4 Å². The molecule has 0 fully saturated rings. The van der Waals surface area contributed by atoms with E-state index in [1.165, 1.54) is 12.4 Å². The van der Waals surface area contributed by atoms with Gasteiger partial charge in [0.05, 0.1) is 0 Å². The summed E-state index contributed by atoms with van der Waals surface area (Å²) >= 11 is 0. The first-order valence-electron chi connectivity index (χ1n) is 4.90. The van der Waals surface area contributed by atoms with Gasteiger partial charge in [0.25, 0.3) is 11.8 Å². The summed E-state index contributed by atoms with van der Waals surface area (Å²) in [6, 6.07) is 5.57. The standard InChI is InChI=1S/C12H12N2O3/c1-3-9-4-6-10(7-5-9)12(16)13-8(2)11(15)14-17/h1,4-8,17H,2H3,(H,13,16)(H,14,15)/t8-/m0/s1. The van der Waals surface area contributed by atoms with E-state index in [9.17, 15) is 9.59 Å². The summed E-state index contributed by atoms with van der Waals surface area (Å²) in [6.45, 7) is 1.46. The van der Waals surface area contributed by atoms with Crippen LogP contribution in [-0.2, 0) is 4.79 Å². The molecule has 0 saturated heterocycles. The molecule has 0 saturated carbocycles. The number of carbonyl (C=O) groups excluding carboxylic acids is 2. The molecule has 2 amide bonds. The van der Waals surface area contributed by atoms with Crippen molar-refractivity contribution in [1.82, 2.24) is 10.8 Å². The summed E-state index contributed by atoms with van der Waals surface area (Å²) in [5.74, 6) is 1.34. The molecule has 0 aliphatic heterocycles. The molecule has 0 bridgehead atoms. The topological polar surface area (TPSA) is 78.4 Å². The third kappa shape index (κ3) is 3.33. The zero-order chi connectivity index (χ0) is 12.8. The monoisotopic (exact) mass is 232 g/mol. The molecule has 0 heterocycles. The van der Waals surface area contributed by atoms with Crippen LogP contribution in [0.25, 0.3) is 0 Å². The Hall–Kier alpha value is -2.32. The van der Waals surface area contributed by atoms with E-state index >= 15 is 0 Å². The van der Waals surface area contributed by atoms with Gasteiger partial charge in [-0.25, -0.2) is 5.48 Å². The van der Waals surface area contributed by atoms with Crippen LogP contribution in [0.5, 0.6) is 0 Å². The fraction of sp³-hybridized carbons (Fsp3) is 0.167. The van der Waals surface area contributed by atoms with Crippen molar-refractivity contribution in [3.8, 4) is 12.3 Å². The molecule has 0 radical (unpaired) electrons. The van der Waals surface area contributed by atoms with E-state index in [2.05, 4.69) is 11.2 Å². The number of benzene rings is 1. The van der Waals surface area contributed by atoms with E-state index in [0.717, 1.165) is 0 Å². The molecule has 1 atom stereocenters. The van der Waals surface area contributed by atoms with Crippen molar-refractivity contribution in [2.24, 2.45) is 0 Å². The number of hydrogen-bond acceptors (Lipinski definition) is 3. The molecule has 0 aromatic heterocycles. The van der Waals surface area contributed by atoms with E-state index in [1.54, 1.807) is 24.3 Å². The molecule has 5 nitrogen and oxygen atoms in total. The molecule has 1 aromatic rings. The van der Waals surface area contributed by atoms with Gasteiger partial charge in [0.1, 0.15) is 6.04 Å². The van der Waals surface area contributed by atoms with E-state index in [4.69, 9.17) is 11.6 Å². The van der Waals surface area contributed by atoms with Gasteiger partial charge >= 0.3 is 0 Å². The van der Waals surface area contributed by atoms with E-state index in [-0.39, 0.29) is 0 Å². The van der Waals surface area contributed by atoms with Gasteiger partial charge in [-0.3, -0.25) is 14.8 Å². The van der Waals surface area contributed by atoms with E-state index in [1.807, 2.05) is 0 Å². The molecular weight excluding hydrogens is 220 g/mol. The number of carbonyl (C=O) groups is 2. The van der Waals surface area contributed by atoms with Crippen LogP contribution in [0.1, 0.15) is 22.8 Å². The van der Waals surface area contributed by atoms with Crippen molar-refractivity contribution in [2.75, 3.05) is 0 Å². The quantitative estimate of drug-likeness (QED) is 0.398. The van der Waals surface area contributed by atoms with E-state index < -0.39 is 17.9 Å². The molecule has 0 unspecified atom stereocenters. The Balaban J connectivity index is 2.70. The minimum Gasteiger partial charge on any atom is -0.340 e. The lowest BCUT2D eigenvalue weighted by Crippen LogP contribution is -2.43. The summed E-state index contributed by atoms with van der Waals surface area (Å²) in [5, 5.41) is 10.8. The molecule has 88 valence electrons. The van der Waals surface area contributed by atoms with Crippen LogP contribution in [0, 0.1) is 12.3 Å². The van der Waals surface area contributed by atoms with Crippen molar-refractivity contribution in [3.63, 3.8) is 0 Å². The Kier molecular flexibility index (Phi) is 4.26. The minimum atomic E-state index is -0.820. The van der Waals surface area contributed by atoms with Gasteiger partial charge in [-0.2, -0.15) is 0 Å². The normalized spacial score (nSPS) is 11.1. The van der Waals surface area contributed by atoms with Gasteiger partial charge in [-0.15, -0.1) is 6.42 Å². The summed E-state index contributed by atoms with van der Waals surface area (Å²) in [4.78, 5) is 22.6. The Morgan fingerprint density at radius 3 is 2.41 bits per heavy atom. The molecular formula is C12H12N2O3. The van der Waals surface area contributed by atoms with Crippen LogP contribution in [0.2, 0.25) is 0 Å². The van der Waals surface area contributed by atoms with Crippen molar-refractivity contribution >= 4 is 11.8 Å². The number of terminal acetylenes is 1. The average molecular weight is 232 g/mol. The number of nitrogens with one attached hydrogen (secondary N) is 2. The second-order valence-electron chi connectivity index (χ2n) is 3.39. The average Bonchev–Trinajstić information content (AvgIpc) is 2.37. The Morgan fingerprint density at radius 2 is 1.94 bits per heavy atom. The van der Waals surface area contributed by atoms with Crippen LogP contribution in [-0.4, -0.2) is 23.1 Å². The predicted molar refractivity (Wildman–Crippen MR) is 61.2 cm³/mol. The first kappa shape index (κ1) is 12.7. The van der Waals surface area contributed by atoms with Gasteiger partial charge in [0.15, 0.2) is 0 Å². The summed E-state index contributed by atoms with van der Waals surface area (Å²) in [7, 11) is 0. The SMILES string of the molecule is C#Cc1ccc(C(=O)N[C@@H](C)C(=O)NO)cc1. The lowest BCUT2D eigenvalue weighted by molar-refractivity contribution is -0.130. The molecule has 3 N–H and O–H groups in total. The Bertz CT molecular complexity index is 460. The molecule has 0 aliphatic carbocycles. The second kappa shape index (κ2) is 5.68. The molecule has 1 rings (SSSR count). The van der Waals surface area contributed by atoms with Gasteiger partial charge < -0.3 is 5.32 Å². The maximum Gasteiger partial charge on any atom is 0.265 e. The Morgan fingerprint density at radius 1 is 1.35 bits per heavy atom. The summed E-state index contributed by atoms with van der Waals surface area (Å²) in [6.07, 6.45) is 5.18. The largest absolute Gasteiger partial charge is 0.340 e. The fourth-order valence-corrected chi connectivity index (χ4v) is 1.16. The Labute approximate surface area is 98.8 Å². The van der Waals surface area contributed by atoms with Crippen molar-refractivity contribution in [1.29, 1.82) is 0 Å². The lowest BCUT2D eigenvalue weighted by atomic mass is 10.1. The zero-order valence-corrected chi connectivity index (χ0v) is 9.23. The first-order valence-corrected chi connectivity index (χ1v) is 4.90. The van der Waals surface area contributed by atoms with Gasteiger partial charge in [-0.05, 0) is 31.2 Å². The first-order chi connectivity index (χ1) is 8.08. The fourth-order valence-electron chi connectivity index (χ4n) is 1.16. The predicted octanol–water partition coefficient (Wildman–Crippen LogP) is 0.292. The highest BCUT2D eigenvalue weighted by Gasteiger charge is 2.15. The molecule has 5 heteroatoms. The molecule has 17 heavy (non-hydrogen) atoms. The van der Waals surface area contributed by atoms with Crippen LogP contribution in [0.3, 0.4) is 0 Å². The minimum absolute atomic E-state index is 0.390. The maximum absolute atomic E-state index is 11.7. The number of hydrogen-bond donors (Lipinski definition) is 3. The van der Waals surface area contributed by atoms with Crippen LogP contribution < -0.4 is 10.8 Å². The molecule has 1 aromatic carbocycles. The lowest BCUT2D eigenvalue weighted by Gasteiger charge is -2.11. The van der Waals surface area contributed by atoms with Gasteiger partial charge in [-0.1, -0.05) is 5.92 Å². The zero-order valence-electron chi connectivity index (χ0n) is 9.23. The van der Waals surface area contributed by atoms with Crippen LogP contribution >= 0.6 is 0 Å². The van der Waals surface area contributed by atoms with Crippen molar-refractivity contribution in [2.45, 2.75) is 13.0 Å². The third-order valence-electron chi connectivity index (χ3n) is 2.16. The molecule has 0 aliphatic rings. The maximum atomic E-state index is 11.7. The smallest absolute Gasteiger partial charge is 0.265 e. The van der Waals surface area contributed by atoms with Crippen LogP contribution in [0.15, 0.2) is 24.3 Å². The van der Waals surface area contributed by atoms with Crippen LogP contribution in [0.4, 0.5) is 0 Å².